The lowest BCUT2D eigenvalue weighted by atomic mass is 9.81. The van der Waals surface area contributed by atoms with E-state index in [9.17, 15) is 24.0 Å². The van der Waals surface area contributed by atoms with Gasteiger partial charge in [0.1, 0.15) is 6.04 Å². The van der Waals surface area contributed by atoms with Gasteiger partial charge in [0.25, 0.3) is 5.91 Å². The second-order valence-corrected chi connectivity index (χ2v) is 7.73. The number of hydrogen-bond acceptors (Lipinski definition) is 6. The SMILES string of the molecule is C[C@H](OC(=O)[C@H](C)N1C(=O)[C@@H]2CCCC[C@H]2C1=O)C(=O)Nc1ccc(C(N)=O)cc1. The molecule has 1 aromatic rings. The molecule has 4 amide bonds. The number of anilines is 1. The van der Waals surface area contributed by atoms with Gasteiger partial charge in [0.2, 0.25) is 17.7 Å². The normalized spacial score (nSPS) is 22.8. The van der Waals surface area contributed by atoms with Crippen molar-refractivity contribution in [3.05, 3.63) is 29.8 Å². The first-order valence-electron chi connectivity index (χ1n) is 9.99. The number of nitrogens with one attached hydrogen (secondary N) is 1. The van der Waals surface area contributed by atoms with Crippen molar-refractivity contribution in [2.75, 3.05) is 5.32 Å². The van der Waals surface area contributed by atoms with Crippen LogP contribution in [0.3, 0.4) is 0 Å². The van der Waals surface area contributed by atoms with Crippen LogP contribution < -0.4 is 11.1 Å². The zero-order chi connectivity index (χ0) is 22.0. The fraction of sp³-hybridized carbons (Fsp3) is 0.476. The Morgan fingerprint density at radius 3 is 2.07 bits per heavy atom. The van der Waals surface area contributed by atoms with Gasteiger partial charge in [-0.25, -0.2) is 4.79 Å². The largest absolute Gasteiger partial charge is 0.451 e. The summed E-state index contributed by atoms with van der Waals surface area (Å²) < 4.78 is 5.20. The number of carbonyl (C=O) groups is 5. The van der Waals surface area contributed by atoms with Crippen LogP contribution in [0.5, 0.6) is 0 Å². The summed E-state index contributed by atoms with van der Waals surface area (Å²) in [6, 6.07) is 4.82. The standard InChI is InChI=1S/C21H25N3O6/c1-11(24-19(27)15-5-3-4-6-16(15)20(24)28)21(29)30-12(2)18(26)23-14-9-7-13(8-10-14)17(22)25/h7-12,15-16H,3-6H2,1-2H3,(H2,22,25)(H,23,26)/t11-,12-,15+,16+/m0/s1. The number of hydrogen-bond donors (Lipinski definition) is 2. The van der Waals surface area contributed by atoms with Gasteiger partial charge in [0.15, 0.2) is 6.10 Å². The van der Waals surface area contributed by atoms with E-state index in [1.165, 1.54) is 38.1 Å². The second-order valence-electron chi connectivity index (χ2n) is 7.73. The number of esters is 1. The average Bonchev–Trinajstić information content (AvgIpc) is 2.98. The van der Waals surface area contributed by atoms with Gasteiger partial charge in [-0.05, 0) is 51.0 Å². The third-order valence-corrected chi connectivity index (χ3v) is 5.70. The van der Waals surface area contributed by atoms with Crippen molar-refractivity contribution in [1.82, 2.24) is 4.90 Å². The summed E-state index contributed by atoms with van der Waals surface area (Å²) in [5.41, 5.74) is 5.86. The van der Waals surface area contributed by atoms with Gasteiger partial charge < -0.3 is 15.8 Å². The first-order chi connectivity index (χ1) is 14.2. The summed E-state index contributed by atoms with van der Waals surface area (Å²) >= 11 is 0. The highest BCUT2D eigenvalue weighted by atomic mass is 16.5. The molecule has 4 atom stereocenters. The van der Waals surface area contributed by atoms with Gasteiger partial charge >= 0.3 is 5.97 Å². The Morgan fingerprint density at radius 1 is 1.03 bits per heavy atom. The van der Waals surface area contributed by atoms with E-state index in [0.29, 0.717) is 24.1 Å². The van der Waals surface area contributed by atoms with Gasteiger partial charge in [-0.15, -0.1) is 0 Å². The van der Waals surface area contributed by atoms with Crippen LogP contribution in [0, 0.1) is 11.8 Å². The molecule has 0 bridgehead atoms. The van der Waals surface area contributed by atoms with Gasteiger partial charge in [-0.2, -0.15) is 0 Å². The van der Waals surface area contributed by atoms with Crippen molar-refractivity contribution >= 4 is 35.3 Å². The number of ether oxygens (including phenoxy) is 1. The Kier molecular flexibility index (Phi) is 6.19. The molecule has 0 radical (unpaired) electrons. The zero-order valence-electron chi connectivity index (χ0n) is 16.9. The molecule has 1 aliphatic carbocycles. The van der Waals surface area contributed by atoms with Crippen molar-refractivity contribution in [2.45, 2.75) is 51.7 Å². The summed E-state index contributed by atoms with van der Waals surface area (Å²) in [7, 11) is 0. The molecular weight excluding hydrogens is 390 g/mol. The molecule has 1 saturated heterocycles. The molecule has 2 fully saturated rings. The zero-order valence-corrected chi connectivity index (χ0v) is 16.9. The molecule has 1 heterocycles. The number of benzene rings is 1. The molecule has 3 rings (SSSR count). The summed E-state index contributed by atoms with van der Waals surface area (Å²) in [5, 5.41) is 2.56. The fourth-order valence-electron chi connectivity index (χ4n) is 3.96. The van der Waals surface area contributed by atoms with Crippen molar-refractivity contribution in [3.8, 4) is 0 Å². The topological polar surface area (TPSA) is 136 Å². The number of imide groups is 1. The van der Waals surface area contributed by atoms with Gasteiger partial charge in [-0.1, -0.05) is 12.8 Å². The van der Waals surface area contributed by atoms with Crippen LogP contribution in [0.25, 0.3) is 0 Å². The molecule has 1 aliphatic heterocycles. The number of fused-ring (bicyclic) bond motifs is 1. The third-order valence-electron chi connectivity index (χ3n) is 5.70. The van der Waals surface area contributed by atoms with Crippen molar-refractivity contribution < 1.29 is 28.7 Å². The molecular formula is C21H25N3O6. The monoisotopic (exact) mass is 415 g/mol. The smallest absolute Gasteiger partial charge is 0.329 e. The van der Waals surface area contributed by atoms with Crippen LogP contribution in [0.4, 0.5) is 5.69 Å². The number of likely N-dealkylation sites (tertiary alicyclic amines) is 1. The van der Waals surface area contributed by atoms with E-state index in [4.69, 9.17) is 10.5 Å². The minimum atomic E-state index is -1.15. The Morgan fingerprint density at radius 2 is 1.57 bits per heavy atom. The van der Waals surface area contributed by atoms with Crippen LogP contribution >= 0.6 is 0 Å². The van der Waals surface area contributed by atoms with E-state index in [1.807, 2.05) is 0 Å². The van der Waals surface area contributed by atoms with E-state index in [0.717, 1.165) is 17.7 Å². The van der Waals surface area contributed by atoms with Crippen LogP contribution in [0.15, 0.2) is 24.3 Å². The lowest BCUT2D eigenvalue weighted by molar-refractivity contribution is -0.163. The maximum Gasteiger partial charge on any atom is 0.329 e. The Labute approximate surface area is 173 Å². The van der Waals surface area contributed by atoms with Crippen molar-refractivity contribution in [1.29, 1.82) is 0 Å². The summed E-state index contributed by atoms with van der Waals surface area (Å²) in [6.45, 7) is 2.83. The molecule has 30 heavy (non-hydrogen) atoms. The predicted octanol–water partition coefficient (Wildman–Crippen LogP) is 1.22. The van der Waals surface area contributed by atoms with E-state index >= 15 is 0 Å². The maximum atomic E-state index is 12.6. The van der Waals surface area contributed by atoms with Gasteiger partial charge in [0, 0.05) is 11.3 Å². The number of amides is 4. The highest BCUT2D eigenvalue weighted by molar-refractivity contribution is 6.08. The van der Waals surface area contributed by atoms with Crippen LogP contribution in [-0.2, 0) is 23.9 Å². The Balaban J connectivity index is 1.59. The number of rotatable bonds is 6. The number of nitrogens with zero attached hydrogens (tertiary/aromatic N) is 1. The summed E-state index contributed by atoms with van der Waals surface area (Å²) in [5.74, 6) is -3.37. The quantitative estimate of drug-likeness (QED) is 0.530. The van der Waals surface area contributed by atoms with E-state index in [1.54, 1.807) is 0 Å². The van der Waals surface area contributed by atoms with Crippen LogP contribution in [0.2, 0.25) is 0 Å². The van der Waals surface area contributed by atoms with E-state index < -0.39 is 29.9 Å². The number of primary amides is 1. The Bertz CT molecular complexity index is 857. The highest BCUT2D eigenvalue weighted by Gasteiger charge is 2.51. The number of nitrogens with two attached hydrogens (primary N) is 1. The van der Waals surface area contributed by atoms with Gasteiger partial charge in [-0.3, -0.25) is 24.1 Å². The first kappa shape index (κ1) is 21.5. The first-order valence-corrected chi connectivity index (χ1v) is 9.99. The van der Waals surface area contributed by atoms with Crippen LogP contribution in [-0.4, -0.2) is 46.6 Å². The minimum Gasteiger partial charge on any atom is -0.451 e. The number of carbonyl (C=O) groups excluding carboxylic acids is 5. The Hall–Kier alpha value is -3.23. The highest BCUT2D eigenvalue weighted by Crippen LogP contribution is 2.38. The molecule has 1 aromatic carbocycles. The lowest BCUT2D eigenvalue weighted by Gasteiger charge is -2.23. The third kappa shape index (κ3) is 4.19. The molecule has 9 nitrogen and oxygen atoms in total. The molecule has 160 valence electrons. The molecule has 9 heteroatoms. The lowest BCUT2D eigenvalue weighted by Crippen LogP contribution is -2.46. The summed E-state index contributed by atoms with van der Waals surface area (Å²) in [4.78, 5) is 62.2. The second kappa shape index (κ2) is 8.64. The molecule has 0 unspecified atom stereocenters. The minimum absolute atomic E-state index is 0.293. The van der Waals surface area contributed by atoms with Gasteiger partial charge in [0.05, 0.1) is 11.8 Å². The van der Waals surface area contributed by atoms with E-state index in [-0.39, 0.29) is 23.7 Å². The molecule has 2 aliphatic rings. The molecule has 3 N–H and O–H groups in total. The summed E-state index contributed by atoms with van der Waals surface area (Å²) in [6.07, 6.45) is 1.95. The predicted molar refractivity (Wildman–Crippen MR) is 106 cm³/mol. The van der Waals surface area contributed by atoms with Crippen molar-refractivity contribution in [3.63, 3.8) is 0 Å². The fourth-order valence-corrected chi connectivity index (χ4v) is 3.96. The van der Waals surface area contributed by atoms with E-state index in [2.05, 4.69) is 5.32 Å². The van der Waals surface area contributed by atoms with Crippen LogP contribution in [0.1, 0.15) is 49.9 Å². The average molecular weight is 415 g/mol. The molecule has 0 spiro atoms. The molecule has 1 saturated carbocycles. The molecule has 0 aromatic heterocycles. The maximum absolute atomic E-state index is 12.6. The van der Waals surface area contributed by atoms with Crippen molar-refractivity contribution in [2.24, 2.45) is 17.6 Å².